The minimum absolute atomic E-state index is 0.135. The van der Waals surface area contributed by atoms with E-state index >= 15 is 0 Å². The average Bonchev–Trinajstić information content (AvgIpc) is 3.11. The molecule has 0 amide bonds. The molecule has 2 aromatic heterocycles. The van der Waals surface area contributed by atoms with Gasteiger partial charge in [0.25, 0.3) is 5.56 Å². The van der Waals surface area contributed by atoms with Crippen LogP contribution in [0.25, 0.3) is 10.2 Å². The molecule has 1 saturated heterocycles. The quantitative estimate of drug-likeness (QED) is 0.844. The van der Waals surface area contributed by atoms with Gasteiger partial charge in [0.1, 0.15) is 4.83 Å². The predicted molar refractivity (Wildman–Crippen MR) is 95.8 cm³/mol. The Labute approximate surface area is 140 Å². The van der Waals surface area contributed by atoms with Crippen molar-refractivity contribution in [3.05, 3.63) is 20.8 Å². The summed E-state index contributed by atoms with van der Waals surface area (Å²) < 4.78 is 1.76. The van der Waals surface area contributed by atoms with E-state index in [0.717, 1.165) is 55.2 Å². The molecule has 0 unspecified atom stereocenters. The molecule has 2 aliphatic rings. The molecule has 4 rings (SSSR count). The lowest BCUT2D eigenvalue weighted by Gasteiger charge is -2.37. The highest BCUT2D eigenvalue weighted by atomic mass is 32.1. The van der Waals surface area contributed by atoms with Gasteiger partial charge in [-0.3, -0.25) is 14.3 Å². The third-order valence-electron chi connectivity index (χ3n) is 5.25. The zero-order chi connectivity index (χ0) is 16.1. The second-order valence-electron chi connectivity index (χ2n) is 6.93. The maximum atomic E-state index is 12.9. The van der Waals surface area contributed by atoms with Crippen molar-refractivity contribution in [2.45, 2.75) is 39.2 Å². The number of anilines is 1. The van der Waals surface area contributed by atoms with Gasteiger partial charge in [0.05, 0.1) is 5.39 Å². The maximum Gasteiger partial charge on any atom is 0.263 e. The van der Waals surface area contributed by atoms with Crippen LogP contribution in [0, 0.1) is 0 Å². The summed E-state index contributed by atoms with van der Waals surface area (Å²) in [5.41, 5.74) is 1.41. The smallest absolute Gasteiger partial charge is 0.263 e. The molecular weight excluding hydrogens is 308 g/mol. The summed E-state index contributed by atoms with van der Waals surface area (Å²) in [4.78, 5) is 24.8. The van der Waals surface area contributed by atoms with Crippen LogP contribution >= 0.6 is 11.3 Å². The average molecular weight is 332 g/mol. The van der Waals surface area contributed by atoms with Crippen LogP contribution in [0.3, 0.4) is 0 Å². The number of aromatic nitrogens is 2. The van der Waals surface area contributed by atoms with E-state index in [-0.39, 0.29) is 5.56 Å². The van der Waals surface area contributed by atoms with Crippen molar-refractivity contribution >= 4 is 27.5 Å². The predicted octanol–water partition coefficient (Wildman–Crippen LogP) is 2.01. The molecule has 0 radical (unpaired) electrons. The van der Waals surface area contributed by atoms with Gasteiger partial charge < -0.3 is 4.90 Å². The van der Waals surface area contributed by atoms with Crippen molar-refractivity contribution in [3.8, 4) is 0 Å². The Morgan fingerprint density at radius 2 is 1.87 bits per heavy atom. The zero-order valence-electron chi connectivity index (χ0n) is 14.1. The van der Waals surface area contributed by atoms with Crippen molar-refractivity contribution in [3.63, 3.8) is 0 Å². The van der Waals surface area contributed by atoms with Crippen LogP contribution in [0.15, 0.2) is 4.79 Å². The number of nitrogens with zero attached hydrogens (tertiary/aromatic N) is 4. The Balaban J connectivity index is 1.72. The van der Waals surface area contributed by atoms with E-state index in [1.54, 1.807) is 15.9 Å². The topological polar surface area (TPSA) is 41.4 Å². The fraction of sp³-hybridized carbons (Fsp3) is 0.647. The lowest BCUT2D eigenvalue weighted by atomic mass is 10.2. The van der Waals surface area contributed by atoms with Crippen LogP contribution in [0.2, 0.25) is 0 Å². The normalized spacial score (nSPS) is 19.0. The van der Waals surface area contributed by atoms with Gasteiger partial charge in [-0.25, -0.2) is 4.98 Å². The highest BCUT2D eigenvalue weighted by molar-refractivity contribution is 7.18. The van der Waals surface area contributed by atoms with Gasteiger partial charge in [-0.15, -0.1) is 11.3 Å². The molecule has 0 N–H and O–H groups in total. The number of fused-ring (bicyclic) bond motifs is 3. The second-order valence-corrected chi connectivity index (χ2v) is 8.01. The molecule has 0 spiro atoms. The van der Waals surface area contributed by atoms with Crippen LogP contribution in [0.5, 0.6) is 0 Å². The standard InChI is InChI=1S/C17H24N4OS/c1-11(2)20-7-9-21(10-8-20)17-18-15-14(16(22)19(17)3)12-5-4-6-13(12)23-15/h11H,4-10H2,1-3H3. The van der Waals surface area contributed by atoms with E-state index in [2.05, 4.69) is 23.6 Å². The zero-order valence-corrected chi connectivity index (χ0v) is 14.9. The van der Waals surface area contributed by atoms with Crippen LogP contribution < -0.4 is 10.5 Å². The first-order valence-corrected chi connectivity index (χ1v) is 9.38. The minimum Gasteiger partial charge on any atom is -0.340 e. The molecule has 0 bridgehead atoms. The molecule has 1 aliphatic carbocycles. The van der Waals surface area contributed by atoms with E-state index in [1.165, 1.54) is 16.9 Å². The molecule has 1 aliphatic heterocycles. The van der Waals surface area contributed by atoms with Crippen LogP contribution in [-0.4, -0.2) is 46.7 Å². The molecule has 2 aromatic rings. The third-order valence-corrected chi connectivity index (χ3v) is 6.44. The van der Waals surface area contributed by atoms with Crippen molar-refractivity contribution < 1.29 is 0 Å². The Kier molecular flexibility index (Phi) is 3.69. The first-order valence-electron chi connectivity index (χ1n) is 8.56. The first kappa shape index (κ1) is 15.1. The van der Waals surface area contributed by atoms with Gasteiger partial charge in [0.15, 0.2) is 0 Å². The Morgan fingerprint density at radius 1 is 1.13 bits per heavy atom. The van der Waals surface area contributed by atoms with E-state index < -0.39 is 0 Å². The van der Waals surface area contributed by atoms with Crippen LogP contribution in [0.1, 0.15) is 30.7 Å². The molecule has 1 fully saturated rings. The Bertz CT molecular complexity index is 799. The van der Waals surface area contributed by atoms with Crippen LogP contribution in [0.4, 0.5) is 5.95 Å². The number of rotatable bonds is 2. The highest BCUT2D eigenvalue weighted by Gasteiger charge is 2.26. The van der Waals surface area contributed by atoms with E-state index in [0.29, 0.717) is 6.04 Å². The van der Waals surface area contributed by atoms with Gasteiger partial charge >= 0.3 is 0 Å². The summed E-state index contributed by atoms with van der Waals surface area (Å²) in [7, 11) is 1.87. The van der Waals surface area contributed by atoms with Gasteiger partial charge in [0.2, 0.25) is 5.95 Å². The molecule has 6 heteroatoms. The van der Waals surface area contributed by atoms with Crippen molar-refractivity contribution in [2.24, 2.45) is 7.05 Å². The number of aryl methyl sites for hydroxylation is 2. The summed E-state index contributed by atoms with van der Waals surface area (Å²) in [6.45, 7) is 8.43. The molecule has 124 valence electrons. The molecule has 0 saturated carbocycles. The number of hydrogen-bond acceptors (Lipinski definition) is 5. The van der Waals surface area contributed by atoms with Gasteiger partial charge in [-0.05, 0) is 38.7 Å². The van der Waals surface area contributed by atoms with Crippen molar-refractivity contribution in [2.75, 3.05) is 31.1 Å². The fourth-order valence-corrected chi connectivity index (χ4v) is 5.08. The lowest BCUT2D eigenvalue weighted by molar-refractivity contribution is 0.208. The van der Waals surface area contributed by atoms with E-state index in [9.17, 15) is 4.79 Å². The summed E-state index contributed by atoms with van der Waals surface area (Å²) in [5, 5.41) is 0.884. The monoisotopic (exact) mass is 332 g/mol. The minimum atomic E-state index is 0.135. The van der Waals surface area contributed by atoms with Crippen molar-refractivity contribution in [1.29, 1.82) is 0 Å². The Hall–Kier alpha value is -1.40. The lowest BCUT2D eigenvalue weighted by Crippen LogP contribution is -2.50. The Morgan fingerprint density at radius 3 is 2.57 bits per heavy atom. The summed E-state index contributed by atoms with van der Waals surface area (Å²) in [5.74, 6) is 0.839. The molecule has 0 aromatic carbocycles. The van der Waals surface area contributed by atoms with Gasteiger partial charge in [-0.2, -0.15) is 0 Å². The molecule has 0 atom stereocenters. The highest BCUT2D eigenvalue weighted by Crippen LogP contribution is 2.35. The molecule has 5 nitrogen and oxygen atoms in total. The second kappa shape index (κ2) is 5.60. The van der Waals surface area contributed by atoms with Crippen molar-refractivity contribution in [1.82, 2.24) is 14.5 Å². The number of thiophene rings is 1. The van der Waals surface area contributed by atoms with E-state index in [4.69, 9.17) is 4.98 Å². The SMILES string of the molecule is CC(C)N1CCN(c2nc3sc4c(c3c(=O)n2C)CCC4)CC1. The summed E-state index contributed by atoms with van der Waals surface area (Å²) >= 11 is 1.73. The number of hydrogen-bond donors (Lipinski definition) is 0. The fourth-order valence-electron chi connectivity index (χ4n) is 3.83. The summed E-state index contributed by atoms with van der Waals surface area (Å²) in [6, 6.07) is 0.580. The molecular formula is C17H24N4OS. The van der Waals surface area contributed by atoms with E-state index in [1.807, 2.05) is 7.05 Å². The first-order chi connectivity index (χ1) is 11.1. The summed E-state index contributed by atoms with van der Waals surface area (Å²) in [6.07, 6.45) is 3.33. The van der Waals surface area contributed by atoms with Crippen LogP contribution in [-0.2, 0) is 19.9 Å². The maximum absolute atomic E-state index is 12.9. The van der Waals surface area contributed by atoms with Gasteiger partial charge in [0, 0.05) is 44.1 Å². The molecule has 23 heavy (non-hydrogen) atoms. The number of piperazine rings is 1. The van der Waals surface area contributed by atoms with Gasteiger partial charge in [-0.1, -0.05) is 0 Å². The molecule has 3 heterocycles. The largest absolute Gasteiger partial charge is 0.340 e. The third kappa shape index (κ3) is 2.39.